The Labute approximate surface area is 126 Å². The van der Waals surface area contributed by atoms with Crippen LogP contribution in [0.25, 0.3) is 0 Å². The molecule has 2 aromatic rings. The van der Waals surface area contributed by atoms with Gasteiger partial charge in [-0.2, -0.15) is 0 Å². The highest BCUT2D eigenvalue weighted by atomic mass is 32.2. The van der Waals surface area contributed by atoms with Crippen LogP contribution in [0.1, 0.15) is 38.3 Å². The number of H-pyrrole nitrogens is 1. The van der Waals surface area contributed by atoms with E-state index in [4.69, 9.17) is 0 Å². The maximum Gasteiger partial charge on any atom is 0.344 e. The first-order valence-corrected chi connectivity index (χ1v) is 7.84. The minimum atomic E-state index is -0.210. The van der Waals surface area contributed by atoms with Crippen molar-refractivity contribution in [3.8, 4) is 0 Å². The Morgan fingerprint density at radius 3 is 2.76 bits per heavy atom. The van der Waals surface area contributed by atoms with Crippen molar-refractivity contribution in [2.45, 2.75) is 55.6 Å². The molecule has 1 fully saturated rings. The molecule has 0 aromatic carbocycles. The lowest BCUT2D eigenvalue weighted by Gasteiger charge is -2.07. The maximum atomic E-state index is 11.7. The summed E-state index contributed by atoms with van der Waals surface area (Å²) in [4.78, 5) is 20.3. The predicted molar refractivity (Wildman–Crippen MR) is 79.2 cm³/mol. The molecule has 0 amide bonds. The number of hydrogen-bond acceptors (Lipinski definition) is 6. The van der Waals surface area contributed by atoms with Crippen LogP contribution in [0, 0.1) is 0 Å². The molecule has 7 nitrogen and oxygen atoms in total. The van der Waals surface area contributed by atoms with Crippen molar-refractivity contribution in [3.05, 3.63) is 28.4 Å². The van der Waals surface area contributed by atoms with Crippen LogP contribution in [0.5, 0.6) is 0 Å². The maximum absolute atomic E-state index is 11.7. The van der Waals surface area contributed by atoms with E-state index in [9.17, 15) is 4.79 Å². The average molecular weight is 306 g/mol. The lowest BCUT2D eigenvalue weighted by molar-refractivity contribution is 0.533. The highest BCUT2D eigenvalue weighted by molar-refractivity contribution is 7.99. The quantitative estimate of drug-likeness (QED) is 0.783. The zero-order valence-corrected chi connectivity index (χ0v) is 12.9. The molecule has 0 bridgehead atoms. The van der Waals surface area contributed by atoms with Gasteiger partial charge in [-0.25, -0.2) is 19.9 Å². The third kappa shape index (κ3) is 3.51. The third-order valence-corrected chi connectivity index (χ3v) is 4.09. The first-order valence-electron chi connectivity index (χ1n) is 7.02. The number of rotatable bonds is 6. The molecule has 8 heteroatoms. The highest BCUT2D eigenvalue weighted by Crippen LogP contribution is 2.23. The summed E-state index contributed by atoms with van der Waals surface area (Å²) in [5, 5.41) is 11.1. The van der Waals surface area contributed by atoms with Crippen molar-refractivity contribution in [3.63, 3.8) is 0 Å². The van der Waals surface area contributed by atoms with Gasteiger partial charge in [0.15, 0.2) is 10.3 Å². The summed E-state index contributed by atoms with van der Waals surface area (Å²) in [5.74, 6) is 0. The molecule has 0 unspecified atom stereocenters. The molecule has 21 heavy (non-hydrogen) atoms. The van der Waals surface area contributed by atoms with Crippen molar-refractivity contribution in [1.29, 1.82) is 0 Å². The fraction of sp³-hybridized carbons (Fsp3) is 0.538. The van der Waals surface area contributed by atoms with Gasteiger partial charge in [0, 0.05) is 36.6 Å². The molecule has 0 aliphatic heterocycles. The molecule has 1 aliphatic rings. The highest BCUT2D eigenvalue weighted by Gasteiger charge is 2.20. The van der Waals surface area contributed by atoms with Crippen LogP contribution in [0.15, 0.2) is 27.5 Å². The molecule has 2 aromatic heterocycles. The fourth-order valence-corrected chi connectivity index (χ4v) is 2.79. The third-order valence-electron chi connectivity index (χ3n) is 3.22. The monoisotopic (exact) mass is 306 g/mol. The smallest absolute Gasteiger partial charge is 0.310 e. The molecular formula is C13H18N6OS. The van der Waals surface area contributed by atoms with Gasteiger partial charge in [-0.05, 0) is 38.5 Å². The molecule has 2 N–H and O–H groups in total. The van der Waals surface area contributed by atoms with Crippen molar-refractivity contribution >= 4 is 11.8 Å². The SMILES string of the molecule is CC(C)n1c(Sc2ncc(CNC3CC3)cn2)n[nH]c1=O. The second kappa shape index (κ2) is 5.98. The predicted octanol–water partition coefficient (Wildman–Crippen LogP) is 1.35. The fourth-order valence-electron chi connectivity index (χ4n) is 1.94. The number of hydrogen-bond donors (Lipinski definition) is 2. The first-order chi connectivity index (χ1) is 10.1. The van der Waals surface area contributed by atoms with Gasteiger partial charge in [0.05, 0.1) is 0 Å². The van der Waals surface area contributed by atoms with Crippen molar-refractivity contribution in [2.75, 3.05) is 0 Å². The van der Waals surface area contributed by atoms with Gasteiger partial charge >= 0.3 is 5.69 Å². The normalized spacial score (nSPS) is 14.8. The Morgan fingerprint density at radius 1 is 1.43 bits per heavy atom. The Hall–Kier alpha value is -1.67. The zero-order valence-electron chi connectivity index (χ0n) is 12.0. The van der Waals surface area contributed by atoms with E-state index in [2.05, 4.69) is 25.5 Å². The van der Waals surface area contributed by atoms with Gasteiger partial charge in [0.25, 0.3) is 0 Å². The average Bonchev–Trinajstić information content (AvgIpc) is 3.21. The summed E-state index contributed by atoms with van der Waals surface area (Å²) in [5.41, 5.74) is 0.854. The van der Waals surface area contributed by atoms with Crippen LogP contribution in [0.3, 0.4) is 0 Å². The minimum Gasteiger partial charge on any atom is -0.310 e. The second-order valence-electron chi connectivity index (χ2n) is 5.41. The van der Waals surface area contributed by atoms with E-state index in [1.54, 1.807) is 4.57 Å². The Kier molecular flexibility index (Phi) is 4.07. The van der Waals surface area contributed by atoms with E-state index >= 15 is 0 Å². The molecule has 2 heterocycles. The largest absolute Gasteiger partial charge is 0.344 e. The Morgan fingerprint density at radius 2 is 2.14 bits per heavy atom. The number of nitrogens with one attached hydrogen (secondary N) is 2. The minimum absolute atomic E-state index is 0.0424. The van der Waals surface area contributed by atoms with Gasteiger partial charge in [0.2, 0.25) is 0 Å². The molecule has 3 rings (SSSR count). The zero-order chi connectivity index (χ0) is 14.8. The van der Waals surface area contributed by atoms with Crippen LogP contribution >= 0.6 is 11.8 Å². The van der Waals surface area contributed by atoms with Crippen molar-refractivity contribution in [1.82, 2.24) is 30.0 Å². The molecular weight excluding hydrogens is 288 g/mol. The summed E-state index contributed by atoms with van der Waals surface area (Å²) >= 11 is 1.29. The standard InChI is InChI=1S/C13H18N6OS/c1-8(2)19-12(20)17-18-13(19)21-11-15-6-9(7-16-11)5-14-10-3-4-10/h6-8,10,14H,3-5H2,1-2H3,(H,17,20). The van der Waals surface area contributed by atoms with Crippen molar-refractivity contribution < 1.29 is 0 Å². The lowest BCUT2D eigenvalue weighted by atomic mass is 10.3. The molecule has 0 radical (unpaired) electrons. The van der Waals surface area contributed by atoms with Gasteiger partial charge < -0.3 is 5.32 Å². The van der Waals surface area contributed by atoms with Crippen LogP contribution in [-0.2, 0) is 6.54 Å². The van der Waals surface area contributed by atoms with Gasteiger partial charge in [0.1, 0.15) is 0 Å². The molecule has 0 atom stereocenters. The van der Waals surface area contributed by atoms with E-state index in [1.165, 1.54) is 24.6 Å². The molecule has 112 valence electrons. The van der Waals surface area contributed by atoms with Gasteiger partial charge in [-0.3, -0.25) is 4.57 Å². The van der Waals surface area contributed by atoms with Crippen LogP contribution in [0.4, 0.5) is 0 Å². The lowest BCUT2D eigenvalue weighted by Crippen LogP contribution is -2.19. The van der Waals surface area contributed by atoms with Gasteiger partial charge in [-0.1, -0.05) is 0 Å². The Bertz CT molecular complexity index is 658. The van der Waals surface area contributed by atoms with Crippen LogP contribution in [0.2, 0.25) is 0 Å². The number of nitrogens with zero attached hydrogens (tertiary/aromatic N) is 4. The summed E-state index contributed by atoms with van der Waals surface area (Å²) in [6.45, 7) is 4.68. The molecule has 0 saturated heterocycles. The number of aromatic amines is 1. The second-order valence-corrected chi connectivity index (χ2v) is 6.34. The van der Waals surface area contributed by atoms with E-state index in [-0.39, 0.29) is 11.7 Å². The van der Waals surface area contributed by atoms with E-state index in [0.29, 0.717) is 16.4 Å². The van der Waals surface area contributed by atoms with Crippen LogP contribution in [-0.4, -0.2) is 30.8 Å². The molecule has 0 spiro atoms. The summed E-state index contributed by atoms with van der Waals surface area (Å²) in [6, 6.07) is 0.712. The van der Waals surface area contributed by atoms with E-state index < -0.39 is 0 Å². The van der Waals surface area contributed by atoms with E-state index in [1.807, 2.05) is 26.2 Å². The molecule has 1 aliphatic carbocycles. The Balaban J connectivity index is 1.68. The summed E-state index contributed by atoms with van der Waals surface area (Å²) in [7, 11) is 0. The first kappa shape index (κ1) is 14.3. The number of aromatic nitrogens is 5. The van der Waals surface area contributed by atoms with Crippen molar-refractivity contribution in [2.24, 2.45) is 0 Å². The van der Waals surface area contributed by atoms with Gasteiger partial charge in [-0.15, -0.1) is 5.10 Å². The topological polar surface area (TPSA) is 88.5 Å². The summed E-state index contributed by atoms with van der Waals surface area (Å²) in [6.07, 6.45) is 6.16. The van der Waals surface area contributed by atoms with Crippen LogP contribution < -0.4 is 11.0 Å². The van der Waals surface area contributed by atoms with E-state index in [0.717, 1.165) is 12.1 Å². The molecule has 1 saturated carbocycles. The summed E-state index contributed by atoms with van der Waals surface area (Å²) < 4.78 is 1.59.